The molecule has 2 aliphatic heterocycles. The number of benzene rings is 1. The predicted octanol–water partition coefficient (Wildman–Crippen LogP) is 2.74. The minimum absolute atomic E-state index is 0. The molecule has 0 aliphatic carbocycles. The summed E-state index contributed by atoms with van der Waals surface area (Å²) in [4.78, 5) is 17.1. The Morgan fingerprint density at radius 1 is 1.11 bits per heavy atom. The van der Waals surface area contributed by atoms with Crippen LogP contribution in [0.3, 0.4) is 0 Å². The maximum Gasteiger partial charge on any atom is 0.257 e. The SMILES string of the molecule is Cl.Cl.O=C(c1coc(CN2CCOCC2)c1)N1CCNC(c2ccccc2)C1. The summed E-state index contributed by atoms with van der Waals surface area (Å²) < 4.78 is 11.0. The highest BCUT2D eigenvalue weighted by Gasteiger charge is 2.26. The fourth-order valence-corrected chi connectivity index (χ4v) is 3.58. The van der Waals surface area contributed by atoms with Crippen molar-refractivity contribution < 1.29 is 13.9 Å². The van der Waals surface area contributed by atoms with Crippen LogP contribution in [0.1, 0.15) is 27.7 Å². The van der Waals surface area contributed by atoms with Gasteiger partial charge >= 0.3 is 0 Å². The molecule has 1 amide bonds. The lowest BCUT2D eigenvalue weighted by atomic mass is 10.0. The lowest BCUT2D eigenvalue weighted by Gasteiger charge is -2.33. The molecule has 8 heteroatoms. The molecular formula is C20H27Cl2N3O3. The number of furan rings is 1. The Morgan fingerprint density at radius 2 is 1.86 bits per heavy atom. The van der Waals surface area contributed by atoms with Crippen LogP contribution in [-0.4, -0.2) is 61.6 Å². The van der Waals surface area contributed by atoms with E-state index in [-0.39, 0.29) is 36.8 Å². The molecule has 4 rings (SSSR count). The highest BCUT2D eigenvalue weighted by Crippen LogP contribution is 2.20. The van der Waals surface area contributed by atoms with Crippen LogP contribution < -0.4 is 5.32 Å². The Balaban J connectivity index is 0.00000140. The van der Waals surface area contributed by atoms with E-state index in [0.717, 1.165) is 45.2 Å². The van der Waals surface area contributed by atoms with Gasteiger partial charge in [0.2, 0.25) is 0 Å². The summed E-state index contributed by atoms with van der Waals surface area (Å²) in [5.74, 6) is 0.884. The number of ether oxygens (including phenoxy) is 1. The van der Waals surface area contributed by atoms with Crippen molar-refractivity contribution >= 4 is 30.7 Å². The van der Waals surface area contributed by atoms with Gasteiger partial charge in [-0.2, -0.15) is 0 Å². The summed E-state index contributed by atoms with van der Waals surface area (Å²) >= 11 is 0. The number of piperazine rings is 1. The van der Waals surface area contributed by atoms with E-state index in [1.165, 1.54) is 5.56 Å². The van der Waals surface area contributed by atoms with Crippen molar-refractivity contribution in [2.75, 3.05) is 45.9 Å². The van der Waals surface area contributed by atoms with E-state index < -0.39 is 0 Å². The van der Waals surface area contributed by atoms with E-state index in [0.29, 0.717) is 18.7 Å². The average molecular weight is 428 g/mol. The van der Waals surface area contributed by atoms with E-state index in [1.807, 2.05) is 29.2 Å². The lowest BCUT2D eigenvalue weighted by Crippen LogP contribution is -2.48. The molecule has 2 fully saturated rings. The molecule has 1 unspecified atom stereocenters. The second-order valence-corrected chi connectivity index (χ2v) is 6.86. The summed E-state index contributed by atoms with van der Waals surface area (Å²) in [5.41, 5.74) is 1.85. The number of nitrogens with zero attached hydrogens (tertiary/aromatic N) is 2. The topological polar surface area (TPSA) is 58.0 Å². The smallest absolute Gasteiger partial charge is 0.257 e. The molecule has 0 bridgehead atoms. The average Bonchev–Trinajstić information content (AvgIpc) is 3.17. The molecule has 2 aliphatic rings. The first-order valence-electron chi connectivity index (χ1n) is 9.25. The quantitative estimate of drug-likeness (QED) is 0.812. The minimum atomic E-state index is 0. The molecule has 1 aromatic heterocycles. The highest BCUT2D eigenvalue weighted by atomic mass is 35.5. The summed E-state index contributed by atoms with van der Waals surface area (Å²) in [6, 6.07) is 12.3. The Bertz CT molecular complexity index is 735. The van der Waals surface area contributed by atoms with Gasteiger partial charge in [0.15, 0.2) is 0 Å². The van der Waals surface area contributed by atoms with Crippen LogP contribution in [0, 0.1) is 0 Å². The molecule has 2 aromatic rings. The molecule has 0 radical (unpaired) electrons. The molecule has 28 heavy (non-hydrogen) atoms. The van der Waals surface area contributed by atoms with Crippen LogP contribution in [0.25, 0.3) is 0 Å². The van der Waals surface area contributed by atoms with Crippen LogP contribution >= 0.6 is 24.8 Å². The van der Waals surface area contributed by atoms with Crippen molar-refractivity contribution in [3.05, 3.63) is 59.5 Å². The second kappa shape index (κ2) is 10.8. The molecule has 0 saturated carbocycles. The highest BCUT2D eigenvalue weighted by molar-refractivity contribution is 5.94. The van der Waals surface area contributed by atoms with Crippen molar-refractivity contribution in [2.24, 2.45) is 0 Å². The lowest BCUT2D eigenvalue weighted by molar-refractivity contribution is 0.0313. The number of nitrogens with one attached hydrogen (secondary N) is 1. The third kappa shape index (κ3) is 5.49. The standard InChI is InChI=1S/C20H25N3O3.2ClH/c24-20(17-12-18(26-15-17)13-22-8-10-25-11-9-22)23-7-6-21-19(14-23)16-4-2-1-3-5-16;;/h1-5,12,15,19,21H,6-11,13-14H2;2*1H. The fraction of sp³-hybridized carbons (Fsp3) is 0.450. The molecule has 6 nitrogen and oxygen atoms in total. The molecule has 1 N–H and O–H groups in total. The van der Waals surface area contributed by atoms with Crippen molar-refractivity contribution in [3.8, 4) is 0 Å². The van der Waals surface area contributed by atoms with E-state index in [4.69, 9.17) is 9.15 Å². The number of morpholine rings is 1. The van der Waals surface area contributed by atoms with Crippen molar-refractivity contribution in [3.63, 3.8) is 0 Å². The Hall–Kier alpha value is -1.57. The first-order chi connectivity index (χ1) is 12.8. The van der Waals surface area contributed by atoms with Crippen LogP contribution in [0.5, 0.6) is 0 Å². The molecule has 1 atom stereocenters. The van der Waals surface area contributed by atoms with Crippen LogP contribution in [0.15, 0.2) is 47.1 Å². The van der Waals surface area contributed by atoms with E-state index >= 15 is 0 Å². The monoisotopic (exact) mass is 427 g/mol. The van der Waals surface area contributed by atoms with Gasteiger partial charge in [0.25, 0.3) is 5.91 Å². The van der Waals surface area contributed by atoms with Gasteiger partial charge in [-0.05, 0) is 11.6 Å². The summed E-state index contributed by atoms with van der Waals surface area (Å²) in [6.45, 7) is 6.23. The number of halogens is 2. The van der Waals surface area contributed by atoms with Gasteiger partial charge in [-0.25, -0.2) is 0 Å². The first kappa shape index (κ1) is 22.7. The second-order valence-electron chi connectivity index (χ2n) is 6.86. The van der Waals surface area contributed by atoms with E-state index in [1.54, 1.807) is 6.26 Å². The zero-order valence-corrected chi connectivity index (χ0v) is 17.3. The molecule has 2 saturated heterocycles. The van der Waals surface area contributed by atoms with Gasteiger partial charge < -0.3 is 19.4 Å². The Labute approximate surface area is 178 Å². The molecule has 0 spiro atoms. The number of hydrogen-bond donors (Lipinski definition) is 1. The van der Waals surface area contributed by atoms with E-state index in [9.17, 15) is 4.79 Å². The van der Waals surface area contributed by atoms with Crippen molar-refractivity contribution in [1.29, 1.82) is 0 Å². The van der Waals surface area contributed by atoms with E-state index in [2.05, 4.69) is 22.3 Å². The minimum Gasteiger partial charge on any atom is -0.467 e. The summed E-state index contributed by atoms with van der Waals surface area (Å²) in [7, 11) is 0. The Kier molecular flexibility index (Phi) is 8.79. The number of hydrogen-bond acceptors (Lipinski definition) is 5. The zero-order valence-electron chi connectivity index (χ0n) is 15.7. The van der Waals surface area contributed by atoms with Gasteiger partial charge in [0.05, 0.1) is 25.3 Å². The van der Waals surface area contributed by atoms with Crippen LogP contribution in [0.2, 0.25) is 0 Å². The Morgan fingerprint density at radius 3 is 2.61 bits per heavy atom. The molecule has 154 valence electrons. The summed E-state index contributed by atoms with van der Waals surface area (Å²) in [5, 5.41) is 3.50. The fourth-order valence-electron chi connectivity index (χ4n) is 3.58. The number of carbonyl (C=O) groups excluding carboxylic acids is 1. The zero-order chi connectivity index (χ0) is 17.8. The van der Waals surface area contributed by atoms with Gasteiger partial charge in [-0.1, -0.05) is 30.3 Å². The number of amides is 1. The molecule has 1 aromatic carbocycles. The largest absolute Gasteiger partial charge is 0.467 e. The van der Waals surface area contributed by atoms with Crippen LogP contribution in [-0.2, 0) is 11.3 Å². The molecule has 3 heterocycles. The third-order valence-corrected chi connectivity index (χ3v) is 5.05. The van der Waals surface area contributed by atoms with Gasteiger partial charge in [0, 0.05) is 38.8 Å². The van der Waals surface area contributed by atoms with Crippen molar-refractivity contribution in [1.82, 2.24) is 15.1 Å². The molecular weight excluding hydrogens is 401 g/mol. The van der Waals surface area contributed by atoms with Gasteiger partial charge in [0.1, 0.15) is 12.0 Å². The maximum absolute atomic E-state index is 12.9. The number of carbonyl (C=O) groups is 1. The first-order valence-corrected chi connectivity index (χ1v) is 9.25. The van der Waals surface area contributed by atoms with Crippen LogP contribution in [0.4, 0.5) is 0 Å². The predicted molar refractivity (Wildman–Crippen MR) is 112 cm³/mol. The maximum atomic E-state index is 12.9. The van der Waals surface area contributed by atoms with Gasteiger partial charge in [-0.15, -0.1) is 24.8 Å². The third-order valence-electron chi connectivity index (χ3n) is 5.05. The normalized spacial score (nSPS) is 20.1. The summed E-state index contributed by atoms with van der Waals surface area (Å²) in [6.07, 6.45) is 1.59. The number of rotatable bonds is 4. The van der Waals surface area contributed by atoms with Crippen molar-refractivity contribution in [2.45, 2.75) is 12.6 Å². The van der Waals surface area contributed by atoms with Gasteiger partial charge in [-0.3, -0.25) is 9.69 Å².